The fourth-order valence-electron chi connectivity index (χ4n) is 2.88. The molecule has 1 aliphatic carbocycles. The highest BCUT2D eigenvalue weighted by molar-refractivity contribution is 5.42. The Bertz CT molecular complexity index is 398. The molecule has 0 amide bonds. The van der Waals surface area contributed by atoms with Crippen molar-refractivity contribution in [1.29, 1.82) is 0 Å². The van der Waals surface area contributed by atoms with Crippen molar-refractivity contribution in [3.63, 3.8) is 0 Å². The Morgan fingerprint density at radius 2 is 2.06 bits per heavy atom. The summed E-state index contributed by atoms with van der Waals surface area (Å²) in [6.07, 6.45) is 0. The van der Waals surface area contributed by atoms with Crippen LogP contribution in [-0.4, -0.2) is 13.7 Å². The number of benzene rings is 1. The van der Waals surface area contributed by atoms with E-state index in [1.54, 1.807) is 7.11 Å². The molecule has 2 heteroatoms. The molecule has 0 aliphatic heterocycles. The van der Waals surface area contributed by atoms with E-state index in [2.05, 4.69) is 39.0 Å². The Hall–Kier alpha value is -1.02. The van der Waals surface area contributed by atoms with Gasteiger partial charge in [-0.3, -0.25) is 0 Å². The first-order valence-electron chi connectivity index (χ1n) is 5.87. The van der Waals surface area contributed by atoms with Crippen molar-refractivity contribution in [2.75, 3.05) is 13.7 Å². The summed E-state index contributed by atoms with van der Waals surface area (Å²) >= 11 is 0. The highest BCUT2D eigenvalue weighted by Gasteiger charge is 2.57. The van der Waals surface area contributed by atoms with E-state index in [0.717, 1.165) is 12.3 Å². The predicted molar refractivity (Wildman–Crippen MR) is 66.8 cm³/mol. The molecular formula is C14H21NO. The molecule has 0 heterocycles. The van der Waals surface area contributed by atoms with Gasteiger partial charge in [0.2, 0.25) is 0 Å². The molecule has 2 nitrogen and oxygen atoms in total. The van der Waals surface area contributed by atoms with Gasteiger partial charge in [0, 0.05) is 0 Å². The quantitative estimate of drug-likeness (QED) is 0.848. The Morgan fingerprint density at radius 1 is 1.38 bits per heavy atom. The van der Waals surface area contributed by atoms with Gasteiger partial charge in [0.05, 0.1) is 7.11 Å². The highest BCUT2D eigenvalue weighted by Crippen LogP contribution is 2.64. The van der Waals surface area contributed by atoms with Crippen molar-refractivity contribution in [3.05, 3.63) is 29.3 Å². The number of hydrogen-bond donors (Lipinski definition) is 1. The molecule has 0 spiro atoms. The molecule has 16 heavy (non-hydrogen) atoms. The Kier molecular flexibility index (Phi) is 2.70. The van der Waals surface area contributed by atoms with Gasteiger partial charge in [-0.05, 0) is 47.9 Å². The monoisotopic (exact) mass is 219 g/mol. The summed E-state index contributed by atoms with van der Waals surface area (Å²) in [5, 5.41) is 0. The van der Waals surface area contributed by atoms with Gasteiger partial charge < -0.3 is 10.5 Å². The van der Waals surface area contributed by atoms with E-state index in [0.29, 0.717) is 17.3 Å². The van der Waals surface area contributed by atoms with E-state index < -0.39 is 0 Å². The van der Waals surface area contributed by atoms with E-state index in [-0.39, 0.29) is 0 Å². The average Bonchev–Trinajstić information content (AvgIpc) is 2.81. The summed E-state index contributed by atoms with van der Waals surface area (Å²) in [6, 6.07) is 6.51. The van der Waals surface area contributed by atoms with Crippen molar-refractivity contribution in [2.45, 2.75) is 26.7 Å². The van der Waals surface area contributed by atoms with E-state index in [1.165, 1.54) is 11.1 Å². The summed E-state index contributed by atoms with van der Waals surface area (Å²) < 4.78 is 5.37. The van der Waals surface area contributed by atoms with Crippen molar-refractivity contribution in [2.24, 2.45) is 17.1 Å². The number of aryl methyl sites for hydroxylation is 1. The van der Waals surface area contributed by atoms with Gasteiger partial charge in [-0.1, -0.05) is 26.0 Å². The number of methoxy groups -OCH3 is 1. The van der Waals surface area contributed by atoms with Crippen molar-refractivity contribution >= 4 is 0 Å². The van der Waals surface area contributed by atoms with Crippen molar-refractivity contribution in [3.8, 4) is 5.75 Å². The number of hydrogen-bond acceptors (Lipinski definition) is 2. The first-order chi connectivity index (χ1) is 7.52. The van der Waals surface area contributed by atoms with Gasteiger partial charge in [0.15, 0.2) is 0 Å². The third-order valence-electron chi connectivity index (χ3n) is 4.10. The zero-order chi connectivity index (χ0) is 11.9. The summed E-state index contributed by atoms with van der Waals surface area (Å²) in [5.74, 6) is 2.18. The second-order valence-electron chi connectivity index (χ2n) is 5.37. The van der Waals surface area contributed by atoms with Gasteiger partial charge >= 0.3 is 0 Å². The maximum Gasteiger partial charge on any atom is 0.122 e. The fraction of sp³-hybridized carbons (Fsp3) is 0.571. The largest absolute Gasteiger partial charge is 0.496 e. The molecule has 0 aromatic heterocycles. The maximum absolute atomic E-state index is 5.81. The second kappa shape index (κ2) is 3.77. The van der Waals surface area contributed by atoms with Crippen LogP contribution >= 0.6 is 0 Å². The van der Waals surface area contributed by atoms with Gasteiger partial charge in [-0.25, -0.2) is 0 Å². The van der Waals surface area contributed by atoms with E-state index in [9.17, 15) is 0 Å². The molecule has 2 atom stereocenters. The van der Waals surface area contributed by atoms with Crippen LogP contribution in [0.1, 0.15) is 30.9 Å². The summed E-state index contributed by atoms with van der Waals surface area (Å²) in [4.78, 5) is 0. The Balaban J connectivity index is 2.30. The molecule has 88 valence electrons. The SMILES string of the molecule is COc1cc([C@H]2[C@H](CN)C2(C)C)ccc1C. The minimum Gasteiger partial charge on any atom is -0.496 e. The molecule has 2 N–H and O–H groups in total. The van der Waals surface area contributed by atoms with Crippen LogP contribution in [0, 0.1) is 18.3 Å². The van der Waals surface area contributed by atoms with E-state index >= 15 is 0 Å². The lowest BCUT2D eigenvalue weighted by Crippen LogP contribution is -2.05. The first kappa shape index (κ1) is 11.5. The van der Waals surface area contributed by atoms with Crippen LogP contribution in [0.4, 0.5) is 0 Å². The lowest BCUT2D eigenvalue weighted by molar-refractivity contribution is 0.411. The van der Waals surface area contributed by atoms with Gasteiger partial charge in [-0.15, -0.1) is 0 Å². The summed E-state index contributed by atoms with van der Waals surface area (Å²) in [5.41, 5.74) is 8.70. The van der Waals surface area contributed by atoms with Crippen LogP contribution in [0.15, 0.2) is 18.2 Å². The maximum atomic E-state index is 5.81. The topological polar surface area (TPSA) is 35.2 Å². The van der Waals surface area contributed by atoms with E-state index in [4.69, 9.17) is 10.5 Å². The number of rotatable bonds is 3. The summed E-state index contributed by atoms with van der Waals surface area (Å²) in [7, 11) is 1.73. The average molecular weight is 219 g/mol. The molecule has 1 aromatic rings. The molecule has 0 saturated heterocycles. The number of ether oxygens (including phenoxy) is 1. The van der Waals surface area contributed by atoms with Gasteiger partial charge in [0.1, 0.15) is 5.75 Å². The van der Waals surface area contributed by atoms with Crippen LogP contribution in [-0.2, 0) is 0 Å². The fourth-order valence-corrected chi connectivity index (χ4v) is 2.88. The zero-order valence-corrected chi connectivity index (χ0v) is 10.6. The zero-order valence-electron chi connectivity index (χ0n) is 10.6. The molecule has 0 radical (unpaired) electrons. The van der Waals surface area contributed by atoms with Crippen molar-refractivity contribution < 1.29 is 4.74 Å². The van der Waals surface area contributed by atoms with Crippen LogP contribution in [0.25, 0.3) is 0 Å². The molecule has 1 aromatic carbocycles. The smallest absolute Gasteiger partial charge is 0.122 e. The standard InChI is InChI=1S/C14H21NO/c1-9-5-6-10(7-12(9)16-4)13-11(8-15)14(13,2)3/h5-7,11,13H,8,15H2,1-4H3/t11-,13-/m0/s1. The van der Waals surface area contributed by atoms with Crippen LogP contribution in [0.3, 0.4) is 0 Å². The first-order valence-corrected chi connectivity index (χ1v) is 5.87. The minimum atomic E-state index is 0.342. The normalized spacial score (nSPS) is 26.6. The molecule has 1 saturated carbocycles. The minimum absolute atomic E-state index is 0.342. The summed E-state index contributed by atoms with van der Waals surface area (Å²) in [6.45, 7) is 7.43. The number of nitrogens with two attached hydrogens (primary N) is 1. The van der Waals surface area contributed by atoms with Gasteiger partial charge in [0.25, 0.3) is 0 Å². The molecule has 0 unspecified atom stereocenters. The molecular weight excluding hydrogens is 198 g/mol. The lowest BCUT2D eigenvalue weighted by atomic mass is 10.0. The Morgan fingerprint density at radius 3 is 2.56 bits per heavy atom. The lowest BCUT2D eigenvalue weighted by Gasteiger charge is -2.08. The second-order valence-corrected chi connectivity index (χ2v) is 5.37. The molecule has 0 bridgehead atoms. The highest BCUT2D eigenvalue weighted by atomic mass is 16.5. The van der Waals surface area contributed by atoms with Crippen molar-refractivity contribution in [1.82, 2.24) is 0 Å². The molecule has 1 aliphatic rings. The molecule has 2 rings (SSSR count). The van der Waals surface area contributed by atoms with E-state index in [1.807, 2.05) is 0 Å². The van der Waals surface area contributed by atoms with Gasteiger partial charge in [-0.2, -0.15) is 0 Å². The third-order valence-corrected chi connectivity index (χ3v) is 4.10. The third kappa shape index (κ3) is 1.61. The van der Waals surface area contributed by atoms with Crippen LogP contribution < -0.4 is 10.5 Å². The van der Waals surface area contributed by atoms with Crippen LogP contribution in [0.2, 0.25) is 0 Å². The van der Waals surface area contributed by atoms with Crippen LogP contribution in [0.5, 0.6) is 5.75 Å². The molecule has 1 fully saturated rings. The Labute approximate surface area is 97.8 Å². The predicted octanol–water partition coefficient (Wildman–Crippen LogP) is 2.70.